The van der Waals surface area contributed by atoms with Gasteiger partial charge >= 0.3 is 0 Å². The Labute approximate surface area is 224 Å². The summed E-state index contributed by atoms with van der Waals surface area (Å²) in [5.41, 5.74) is 2.39. The van der Waals surface area contributed by atoms with Crippen LogP contribution in [0.3, 0.4) is 0 Å². The van der Waals surface area contributed by atoms with Crippen molar-refractivity contribution in [3.63, 3.8) is 0 Å². The third-order valence-electron chi connectivity index (χ3n) is 5.30. The molecule has 0 saturated carbocycles. The summed E-state index contributed by atoms with van der Waals surface area (Å²) in [6.07, 6.45) is 1.63. The fourth-order valence-electron chi connectivity index (χ4n) is 3.41. The SMILES string of the molecule is O=C(Nc1ccc(SCC(=O)c2ccccc2Cl)cc1)/C(=C/c1ccccc1)NC(=O)c1ccccc1. The summed E-state index contributed by atoms with van der Waals surface area (Å²) in [5, 5.41) is 5.99. The minimum absolute atomic E-state index is 0.0576. The lowest BCUT2D eigenvalue weighted by Gasteiger charge is -2.12. The Morgan fingerprint density at radius 2 is 1.38 bits per heavy atom. The van der Waals surface area contributed by atoms with Gasteiger partial charge in [-0.05, 0) is 60.2 Å². The van der Waals surface area contributed by atoms with E-state index in [0.29, 0.717) is 21.8 Å². The number of nitrogens with one attached hydrogen (secondary N) is 2. The number of amides is 2. The van der Waals surface area contributed by atoms with Gasteiger partial charge in [0.25, 0.3) is 11.8 Å². The van der Waals surface area contributed by atoms with Gasteiger partial charge in [0.15, 0.2) is 5.78 Å². The number of rotatable bonds is 9. The summed E-state index contributed by atoms with van der Waals surface area (Å²) < 4.78 is 0. The highest BCUT2D eigenvalue weighted by Crippen LogP contribution is 2.24. The summed E-state index contributed by atoms with van der Waals surface area (Å²) in [7, 11) is 0. The number of benzene rings is 4. The van der Waals surface area contributed by atoms with Crippen molar-refractivity contribution in [2.75, 3.05) is 11.1 Å². The number of hydrogen-bond donors (Lipinski definition) is 2. The van der Waals surface area contributed by atoms with Crippen LogP contribution in [0.25, 0.3) is 6.08 Å². The van der Waals surface area contributed by atoms with E-state index in [2.05, 4.69) is 10.6 Å². The molecule has 0 unspecified atom stereocenters. The molecule has 0 heterocycles. The fraction of sp³-hybridized carbons (Fsp3) is 0.0333. The van der Waals surface area contributed by atoms with Crippen LogP contribution in [-0.2, 0) is 4.79 Å². The topological polar surface area (TPSA) is 75.3 Å². The van der Waals surface area contributed by atoms with Crippen LogP contribution >= 0.6 is 23.4 Å². The molecule has 0 atom stereocenters. The minimum atomic E-state index is -0.456. The van der Waals surface area contributed by atoms with Crippen LogP contribution in [0.15, 0.2) is 120 Å². The number of carbonyl (C=O) groups excluding carboxylic acids is 3. The lowest BCUT2D eigenvalue weighted by atomic mass is 10.1. The molecule has 2 N–H and O–H groups in total. The van der Waals surface area contributed by atoms with Gasteiger partial charge in [-0.25, -0.2) is 0 Å². The standard InChI is InChI=1S/C30H23ClN2O3S/c31-26-14-8-7-13-25(26)28(34)20-37-24-17-15-23(16-18-24)32-30(36)27(19-21-9-3-1-4-10-21)33-29(35)22-11-5-2-6-12-22/h1-19H,20H2,(H,32,36)(H,33,35)/b27-19-. The van der Waals surface area contributed by atoms with Crippen LogP contribution < -0.4 is 10.6 Å². The quantitative estimate of drug-likeness (QED) is 0.144. The Morgan fingerprint density at radius 3 is 2.05 bits per heavy atom. The summed E-state index contributed by atoms with van der Waals surface area (Å²) >= 11 is 7.50. The molecule has 4 rings (SSSR count). The minimum Gasteiger partial charge on any atom is -0.321 e. The van der Waals surface area contributed by atoms with Crippen molar-refractivity contribution in [1.82, 2.24) is 5.32 Å². The Morgan fingerprint density at radius 1 is 0.757 bits per heavy atom. The zero-order valence-corrected chi connectivity index (χ0v) is 21.3. The third kappa shape index (κ3) is 7.43. The van der Waals surface area contributed by atoms with Crippen LogP contribution in [-0.4, -0.2) is 23.4 Å². The third-order valence-corrected chi connectivity index (χ3v) is 6.64. The van der Waals surface area contributed by atoms with Crippen molar-refractivity contribution < 1.29 is 14.4 Å². The van der Waals surface area contributed by atoms with Crippen molar-refractivity contribution in [3.8, 4) is 0 Å². The predicted molar refractivity (Wildman–Crippen MR) is 150 cm³/mol. The average Bonchev–Trinajstić information content (AvgIpc) is 2.93. The Hall–Kier alpha value is -4.13. The molecule has 0 aliphatic carbocycles. The van der Waals surface area contributed by atoms with Crippen LogP contribution in [0.5, 0.6) is 0 Å². The molecule has 0 aromatic heterocycles. The van der Waals surface area contributed by atoms with E-state index in [9.17, 15) is 14.4 Å². The van der Waals surface area contributed by atoms with Gasteiger partial charge in [0.05, 0.1) is 10.8 Å². The highest BCUT2D eigenvalue weighted by atomic mass is 35.5. The number of hydrogen-bond acceptors (Lipinski definition) is 4. The molecule has 2 amide bonds. The van der Waals surface area contributed by atoms with Gasteiger partial charge in [-0.3, -0.25) is 14.4 Å². The largest absolute Gasteiger partial charge is 0.321 e. The molecule has 4 aromatic rings. The molecule has 0 fully saturated rings. The number of anilines is 1. The second-order valence-electron chi connectivity index (χ2n) is 7.96. The van der Waals surface area contributed by atoms with Gasteiger partial charge in [-0.15, -0.1) is 11.8 Å². The highest BCUT2D eigenvalue weighted by Gasteiger charge is 2.15. The first-order valence-electron chi connectivity index (χ1n) is 11.4. The molecule has 7 heteroatoms. The molecular weight excluding hydrogens is 504 g/mol. The number of carbonyl (C=O) groups is 3. The Kier molecular flexibility index (Phi) is 8.92. The van der Waals surface area contributed by atoms with Crippen molar-refractivity contribution in [2.45, 2.75) is 4.90 Å². The zero-order valence-electron chi connectivity index (χ0n) is 19.7. The van der Waals surface area contributed by atoms with E-state index < -0.39 is 5.91 Å². The van der Waals surface area contributed by atoms with E-state index in [1.54, 1.807) is 66.7 Å². The number of Topliss-reactive ketones (excluding diaryl/α,β-unsaturated/α-hetero) is 1. The van der Waals surface area contributed by atoms with Gasteiger partial charge in [0, 0.05) is 21.7 Å². The smallest absolute Gasteiger partial charge is 0.272 e. The van der Waals surface area contributed by atoms with Gasteiger partial charge in [0.1, 0.15) is 5.70 Å². The first-order chi connectivity index (χ1) is 18.0. The van der Waals surface area contributed by atoms with Crippen molar-refractivity contribution >= 4 is 52.7 Å². The molecule has 184 valence electrons. The molecule has 0 aliphatic heterocycles. The normalized spacial score (nSPS) is 11.0. The molecule has 0 bridgehead atoms. The van der Waals surface area contributed by atoms with Gasteiger partial charge in [-0.2, -0.15) is 0 Å². The maximum absolute atomic E-state index is 13.1. The molecule has 0 spiro atoms. The molecule has 5 nitrogen and oxygen atoms in total. The van der Waals surface area contributed by atoms with E-state index in [1.165, 1.54) is 11.8 Å². The summed E-state index contributed by atoms with van der Waals surface area (Å²) in [6.45, 7) is 0. The van der Waals surface area contributed by atoms with Crippen molar-refractivity contribution in [1.29, 1.82) is 0 Å². The van der Waals surface area contributed by atoms with E-state index in [-0.39, 0.29) is 23.1 Å². The molecule has 0 saturated heterocycles. The first kappa shape index (κ1) is 25.9. The summed E-state index contributed by atoms with van der Waals surface area (Å²) in [4.78, 5) is 39.2. The Balaban J connectivity index is 1.43. The molecule has 4 aromatic carbocycles. The molecule has 37 heavy (non-hydrogen) atoms. The lowest BCUT2D eigenvalue weighted by molar-refractivity contribution is -0.113. The fourth-order valence-corrected chi connectivity index (χ4v) is 4.43. The summed E-state index contributed by atoms with van der Waals surface area (Å²) in [5.74, 6) is -0.654. The second kappa shape index (κ2) is 12.7. The van der Waals surface area contributed by atoms with Crippen LogP contribution in [0, 0.1) is 0 Å². The number of halogens is 1. The van der Waals surface area contributed by atoms with E-state index in [4.69, 9.17) is 11.6 Å². The molecule has 0 radical (unpaired) electrons. The maximum Gasteiger partial charge on any atom is 0.272 e. The van der Waals surface area contributed by atoms with Gasteiger partial charge < -0.3 is 10.6 Å². The summed E-state index contributed by atoms with van der Waals surface area (Å²) in [6, 6.07) is 32.1. The predicted octanol–water partition coefficient (Wildman–Crippen LogP) is 6.72. The van der Waals surface area contributed by atoms with Gasteiger partial charge in [0.2, 0.25) is 0 Å². The van der Waals surface area contributed by atoms with E-state index >= 15 is 0 Å². The van der Waals surface area contributed by atoms with Crippen LogP contribution in [0.2, 0.25) is 5.02 Å². The van der Waals surface area contributed by atoms with Crippen LogP contribution in [0.1, 0.15) is 26.3 Å². The monoisotopic (exact) mass is 526 g/mol. The first-order valence-corrected chi connectivity index (χ1v) is 12.8. The van der Waals surface area contributed by atoms with Crippen molar-refractivity contribution in [2.24, 2.45) is 0 Å². The number of thioether (sulfide) groups is 1. The maximum atomic E-state index is 13.1. The zero-order chi connectivity index (χ0) is 26.0. The second-order valence-corrected chi connectivity index (χ2v) is 9.42. The molecular formula is C30H23ClN2O3S. The van der Waals surface area contributed by atoms with Crippen LogP contribution in [0.4, 0.5) is 5.69 Å². The van der Waals surface area contributed by atoms with Gasteiger partial charge in [-0.1, -0.05) is 72.3 Å². The number of ketones is 1. The highest BCUT2D eigenvalue weighted by molar-refractivity contribution is 8.00. The lowest BCUT2D eigenvalue weighted by Crippen LogP contribution is -2.30. The van der Waals surface area contributed by atoms with E-state index in [0.717, 1.165) is 10.5 Å². The Bertz CT molecular complexity index is 1420. The molecule has 0 aliphatic rings. The average molecular weight is 527 g/mol. The van der Waals surface area contributed by atoms with Crippen molar-refractivity contribution in [3.05, 3.63) is 137 Å². The van der Waals surface area contributed by atoms with E-state index in [1.807, 2.05) is 48.5 Å².